The van der Waals surface area contributed by atoms with E-state index in [4.69, 9.17) is 0 Å². The molecule has 0 fully saturated rings. The molecule has 0 saturated carbocycles. The van der Waals surface area contributed by atoms with Crippen molar-refractivity contribution < 1.29 is 0 Å². The van der Waals surface area contributed by atoms with Gasteiger partial charge in [-0.1, -0.05) is 88.4 Å². The second-order valence-corrected chi connectivity index (χ2v) is 7.89. The summed E-state index contributed by atoms with van der Waals surface area (Å²) in [5.41, 5.74) is 7.44. The van der Waals surface area contributed by atoms with E-state index in [2.05, 4.69) is 56.3 Å². The Morgan fingerprint density at radius 3 is 2.32 bits per heavy atom. The molecule has 0 aliphatic heterocycles. The number of hydrogen-bond acceptors (Lipinski definition) is 0. The Hall–Kier alpha value is -1.56. The summed E-state index contributed by atoms with van der Waals surface area (Å²) in [6.07, 6.45) is 13.3. The number of benzene rings is 2. The predicted molar refractivity (Wildman–Crippen MR) is 110 cm³/mol. The van der Waals surface area contributed by atoms with Crippen LogP contribution in [0.15, 0.2) is 42.5 Å². The van der Waals surface area contributed by atoms with Crippen LogP contribution in [0.4, 0.5) is 0 Å². The second kappa shape index (κ2) is 9.22. The largest absolute Gasteiger partial charge is 0.0654 e. The zero-order valence-corrected chi connectivity index (χ0v) is 16.2. The maximum atomic E-state index is 2.46. The number of unbranched alkanes of at least 4 members (excludes halogenated alkanes) is 3. The van der Waals surface area contributed by atoms with Crippen molar-refractivity contribution >= 4 is 0 Å². The highest BCUT2D eigenvalue weighted by molar-refractivity contribution is 5.65. The molecule has 0 nitrogen and oxygen atoms in total. The van der Waals surface area contributed by atoms with E-state index >= 15 is 0 Å². The average molecular weight is 335 g/mol. The third-order valence-corrected chi connectivity index (χ3v) is 5.86. The van der Waals surface area contributed by atoms with Crippen LogP contribution in [-0.4, -0.2) is 0 Å². The van der Waals surface area contributed by atoms with Gasteiger partial charge in [-0.15, -0.1) is 0 Å². The van der Waals surface area contributed by atoms with E-state index in [9.17, 15) is 0 Å². The lowest BCUT2D eigenvalue weighted by Crippen LogP contribution is -2.14. The third kappa shape index (κ3) is 4.97. The zero-order chi connectivity index (χ0) is 17.5. The average Bonchev–Trinajstić information content (AvgIpc) is 2.66. The van der Waals surface area contributed by atoms with Crippen molar-refractivity contribution in [2.24, 2.45) is 5.92 Å². The van der Waals surface area contributed by atoms with Crippen LogP contribution in [0.5, 0.6) is 0 Å². The van der Waals surface area contributed by atoms with Gasteiger partial charge in [-0.25, -0.2) is 0 Å². The maximum absolute atomic E-state index is 2.46. The molecule has 1 atom stereocenters. The van der Waals surface area contributed by atoms with Gasteiger partial charge in [-0.05, 0) is 65.8 Å². The zero-order valence-electron chi connectivity index (χ0n) is 16.2. The molecule has 2 aromatic carbocycles. The van der Waals surface area contributed by atoms with Crippen LogP contribution in [0.25, 0.3) is 11.1 Å². The SMILES string of the molecule is CCCCCC1CCc2cc(-c3ccc(CCCC)cc3)ccc2C1. The van der Waals surface area contributed by atoms with Gasteiger partial charge in [0.2, 0.25) is 0 Å². The molecule has 0 N–H and O–H groups in total. The fraction of sp³-hybridized carbons (Fsp3) is 0.520. The van der Waals surface area contributed by atoms with E-state index in [0.717, 1.165) is 5.92 Å². The van der Waals surface area contributed by atoms with E-state index in [1.54, 1.807) is 11.1 Å². The summed E-state index contributed by atoms with van der Waals surface area (Å²) >= 11 is 0. The van der Waals surface area contributed by atoms with Crippen molar-refractivity contribution in [2.45, 2.75) is 78.1 Å². The normalized spacial score (nSPS) is 16.6. The molecule has 0 heteroatoms. The predicted octanol–water partition coefficient (Wildman–Crippen LogP) is 7.38. The fourth-order valence-electron chi connectivity index (χ4n) is 4.18. The Morgan fingerprint density at radius 2 is 1.56 bits per heavy atom. The van der Waals surface area contributed by atoms with Gasteiger partial charge in [0.25, 0.3) is 0 Å². The van der Waals surface area contributed by atoms with Gasteiger partial charge in [0, 0.05) is 0 Å². The summed E-state index contributed by atoms with van der Waals surface area (Å²) < 4.78 is 0. The summed E-state index contributed by atoms with van der Waals surface area (Å²) in [6.45, 7) is 4.56. The molecule has 1 unspecified atom stereocenters. The van der Waals surface area contributed by atoms with Gasteiger partial charge >= 0.3 is 0 Å². The van der Waals surface area contributed by atoms with Crippen LogP contribution < -0.4 is 0 Å². The first-order valence-electron chi connectivity index (χ1n) is 10.5. The van der Waals surface area contributed by atoms with Gasteiger partial charge in [-0.2, -0.15) is 0 Å². The van der Waals surface area contributed by atoms with E-state index in [-0.39, 0.29) is 0 Å². The van der Waals surface area contributed by atoms with Gasteiger partial charge < -0.3 is 0 Å². The van der Waals surface area contributed by atoms with Crippen molar-refractivity contribution in [3.63, 3.8) is 0 Å². The molecule has 0 amide bonds. The van der Waals surface area contributed by atoms with Crippen molar-refractivity contribution in [2.75, 3.05) is 0 Å². The highest BCUT2D eigenvalue weighted by atomic mass is 14.2. The molecule has 0 aromatic heterocycles. The second-order valence-electron chi connectivity index (χ2n) is 7.89. The van der Waals surface area contributed by atoms with Gasteiger partial charge in [0.05, 0.1) is 0 Å². The first kappa shape index (κ1) is 18.2. The molecular formula is C25H34. The van der Waals surface area contributed by atoms with Crippen molar-refractivity contribution in [3.05, 3.63) is 59.2 Å². The lowest BCUT2D eigenvalue weighted by molar-refractivity contribution is 0.408. The first-order valence-corrected chi connectivity index (χ1v) is 10.5. The molecule has 0 saturated heterocycles. The third-order valence-electron chi connectivity index (χ3n) is 5.86. The standard InChI is InChI=1S/C25H34/c1-3-5-7-9-21-12-15-25-19-24(17-16-23(25)18-21)22-13-10-20(11-14-22)8-6-4-2/h10-11,13-14,16-17,19,21H,3-9,12,15,18H2,1-2H3. The summed E-state index contributed by atoms with van der Waals surface area (Å²) in [5.74, 6) is 0.919. The van der Waals surface area contributed by atoms with E-state index in [0.29, 0.717) is 0 Å². The minimum atomic E-state index is 0.919. The van der Waals surface area contributed by atoms with Crippen LogP contribution in [-0.2, 0) is 19.3 Å². The van der Waals surface area contributed by atoms with Crippen molar-refractivity contribution in [1.29, 1.82) is 0 Å². The van der Waals surface area contributed by atoms with Gasteiger partial charge in [0.15, 0.2) is 0 Å². The number of hydrogen-bond donors (Lipinski definition) is 0. The van der Waals surface area contributed by atoms with Gasteiger partial charge in [-0.3, -0.25) is 0 Å². The van der Waals surface area contributed by atoms with Gasteiger partial charge in [0.1, 0.15) is 0 Å². The number of fused-ring (bicyclic) bond motifs is 1. The Balaban J connectivity index is 1.66. The minimum Gasteiger partial charge on any atom is -0.0654 e. The molecular weight excluding hydrogens is 300 g/mol. The van der Waals surface area contributed by atoms with Crippen LogP contribution in [0.2, 0.25) is 0 Å². The Kier molecular flexibility index (Phi) is 6.73. The summed E-state index contributed by atoms with van der Waals surface area (Å²) in [7, 11) is 0. The highest BCUT2D eigenvalue weighted by Gasteiger charge is 2.18. The van der Waals surface area contributed by atoms with Crippen LogP contribution >= 0.6 is 0 Å². The maximum Gasteiger partial charge on any atom is -0.0181 e. The Morgan fingerprint density at radius 1 is 0.800 bits per heavy atom. The molecule has 3 rings (SSSR count). The molecule has 0 spiro atoms. The Bertz CT molecular complexity index is 650. The molecule has 25 heavy (non-hydrogen) atoms. The summed E-state index contributed by atoms with van der Waals surface area (Å²) in [5, 5.41) is 0. The fourth-order valence-corrected chi connectivity index (χ4v) is 4.18. The quantitative estimate of drug-likeness (QED) is 0.442. The minimum absolute atomic E-state index is 0.919. The Labute approximate surface area is 154 Å². The molecule has 1 aliphatic carbocycles. The topological polar surface area (TPSA) is 0 Å². The molecule has 0 bridgehead atoms. The molecule has 0 heterocycles. The monoisotopic (exact) mass is 334 g/mol. The highest BCUT2D eigenvalue weighted by Crippen LogP contribution is 2.32. The van der Waals surface area contributed by atoms with E-state index in [1.807, 2.05) is 0 Å². The van der Waals surface area contributed by atoms with Crippen LogP contribution in [0.3, 0.4) is 0 Å². The summed E-state index contributed by atoms with van der Waals surface area (Å²) in [4.78, 5) is 0. The number of rotatable bonds is 8. The van der Waals surface area contributed by atoms with Crippen molar-refractivity contribution in [3.8, 4) is 11.1 Å². The lowest BCUT2D eigenvalue weighted by atomic mass is 9.80. The molecule has 134 valence electrons. The van der Waals surface area contributed by atoms with Crippen molar-refractivity contribution in [1.82, 2.24) is 0 Å². The number of aryl methyl sites for hydroxylation is 2. The molecule has 1 aliphatic rings. The first-order chi connectivity index (χ1) is 12.3. The smallest absolute Gasteiger partial charge is 0.0181 e. The van der Waals surface area contributed by atoms with E-state index < -0.39 is 0 Å². The van der Waals surface area contributed by atoms with E-state index in [1.165, 1.54) is 80.9 Å². The molecule has 0 radical (unpaired) electrons. The lowest BCUT2D eigenvalue weighted by Gasteiger charge is -2.25. The van der Waals surface area contributed by atoms with Crippen LogP contribution in [0.1, 0.15) is 75.5 Å². The molecule has 2 aromatic rings. The van der Waals surface area contributed by atoms with Crippen LogP contribution in [0, 0.1) is 5.92 Å². The summed E-state index contributed by atoms with van der Waals surface area (Å²) in [6, 6.07) is 16.4.